The van der Waals surface area contributed by atoms with Crippen LogP contribution in [0.1, 0.15) is 0 Å². The van der Waals surface area contributed by atoms with Gasteiger partial charge in [0.2, 0.25) is 11.5 Å². The first-order valence-corrected chi connectivity index (χ1v) is 11.3. The van der Waals surface area contributed by atoms with E-state index >= 15 is 0 Å². The van der Waals surface area contributed by atoms with Gasteiger partial charge in [-0.05, 0) is 62.0 Å². The molecular formula is C30H18O6. The lowest BCUT2D eigenvalue weighted by molar-refractivity contribution is 0.350. The van der Waals surface area contributed by atoms with Crippen molar-refractivity contribution in [3.63, 3.8) is 0 Å². The van der Waals surface area contributed by atoms with Gasteiger partial charge in [-0.1, -0.05) is 48.5 Å². The summed E-state index contributed by atoms with van der Waals surface area (Å²) >= 11 is 0. The topological polar surface area (TPSA) is 121 Å². The molecule has 6 N–H and O–H groups in total. The third kappa shape index (κ3) is 2.40. The Balaban J connectivity index is 1.88. The largest absolute Gasteiger partial charge is 0.507 e. The van der Waals surface area contributed by atoms with E-state index in [1.807, 2.05) is 60.7 Å². The predicted molar refractivity (Wildman–Crippen MR) is 141 cm³/mol. The van der Waals surface area contributed by atoms with Crippen LogP contribution >= 0.6 is 0 Å². The molecule has 6 heteroatoms. The van der Waals surface area contributed by atoms with Crippen molar-refractivity contribution < 1.29 is 30.6 Å². The lowest BCUT2D eigenvalue weighted by atomic mass is 9.88. The van der Waals surface area contributed by atoms with Crippen molar-refractivity contribution in [3.8, 4) is 34.5 Å². The highest BCUT2D eigenvalue weighted by Crippen LogP contribution is 2.55. The number of fused-ring (bicyclic) bond motifs is 9. The van der Waals surface area contributed by atoms with Gasteiger partial charge in [0.05, 0.1) is 5.39 Å². The molecule has 0 fully saturated rings. The van der Waals surface area contributed by atoms with E-state index in [9.17, 15) is 30.6 Å². The fraction of sp³-hybridized carbons (Fsp3) is 0. The summed E-state index contributed by atoms with van der Waals surface area (Å²) in [5, 5.41) is 71.0. The molecule has 0 unspecified atom stereocenters. The minimum atomic E-state index is -0.944. The van der Waals surface area contributed by atoms with Crippen LogP contribution < -0.4 is 0 Å². The second-order valence-electron chi connectivity index (χ2n) is 9.08. The summed E-state index contributed by atoms with van der Waals surface area (Å²) in [6.07, 6.45) is 0. The number of aromatic hydroxyl groups is 6. The molecule has 36 heavy (non-hydrogen) atoms. The number of phenols is 6. The van der Waals surface area contributed by atoms with Crippen molar-refractivity contribution in [2.45, 2.75) is 0 Å². The Labute approximate surface area is 202 Å². The van der Waals surface area contributed by atoms with Crippen LogP contribution in [0.5, 0.6) is 34.5 Å². The molecule has 0 aliphatic rings. The highest BCUT2D eigenvalue weighted by atomic mass is 16.3. The normalized spacial score (nSPS) is 12.0. The molecule has 7 aromatic rings. The molecule has 0 aliphatic heterocycles. The smallest absolute Gasteiger partial charge is 0.205 e. The number of phenolic OH excluding ortho intramolecular Hbond substituents is 6. The zero-order chi connectivity index (χ0) is 24.9. The van der Waals surface area contributed by atoms with E-state index in [2.05, 4.69) is 0 Å². The first kappa shape index (κ1) is 20.3. The van der Waals surface area contributed by atoms with E-state index < -0.39 is 28.7 Å². The van der Waals surface area contributed by atoms with Gasteiger partial charge in [0.1, 0.15) is 11.5 Å². The van der Waals surface area contributed by atoms with Gasteiger partial charge in [-0.25, -0.2) is 0 Å². The zero-order valence-electron chi connectivity index (χ0n) is 18.6. The van der Waals surface area contributed by atoms with E-state index in [4.69, 9.17) is 0 Å². The van der Waals surface area contributed by atoms with Gasteiger partial charge in [0.15, 0.2) is 11.5 Å². The number of hydrogen-bond donors (Lipinski definition) is 6. The SMILES string of the molecule is Oc1c(O)c(O)c2c(O)c3c(cc2c1O)c1cc2ccccc2cc1c1cc2ccccc2c(O)c13. The lowest BCUT2D eigenvalue weighted by Gasteiger charge is -2.18. The lowest BCUT2D eigenvalue weighted by Crippen LogP contribution is -1.89. The molecule has 0 amide bonds. The average molecular weight is 474 g/mol. The van der Waals surface area contributed by atoms with Crippen molar-refractivity contribution in [2.24, 2.45) is 0 Å². The second-order valence-corrected chi connectivity index (χ2v) is 9.08. The van der Waals surface area contributed by atoms with Gasteiger partial charge in [0, 0.05) is 21.5 Å². The maximum absolute atomic E-state index is 11.5. The van der Waals surface area contributed by atoms with Gasteiger partial charge in [-0.3, -0.25) is 0 Å². The maximum Gasteiger partial charge on any atom is 0.205 e. The zero-order valence-corrected chi connectivity index (χ0v) is 18.6. The van der Waals surface area contributed by atoms with E-state index in [0.717, 1.165) is 26.9 Å². The molecule has 0 saturated carbocycles. The van der Waals surface area contributed by atoms with Gasteiger partial charge >= 0.3 is 0 Å². The predicted octanol–water partition coefficient (Wildman–Crippen LogP) is 6.84. The number of rotatable bonds is 0. The van der Waals surface area contributed by atoms with Crippen molar-refractivity contribution in [1.29, 1.82) is 0 Å². The summed E-state index contributed by atoms with van der Waals surface area (Å²) < 4.78 is 0. The van der Waals surface area contributed by atoms with Crippen LogP contribution in [-0.4, -0.2) is 30.6 Å². The molecule has 0 radical (unpaired) electrons. The highest BCUT2D eigenvalue weighted by molar-refractivity contribution is 6.34. The number of benzene rings is 7. The van der Waals surface area contributed by atoms with Gasteiger partial charge < -0.3 is 30.6 Å². The molecule has 0 heterocycles. The highest BCUT2D eigenvalue weighted by Gasteiger charge is 2.25. The number of hydrogen-bond acceptors (Lipinski definition) is 6. The molecule has 0 aromatic heterocycles. The summed E-state index contributed by atoms with van der Waals surface area (Å²) in [5.41, 5.74) is 0. The Hall–Kier alpha value is -5.10. The summed E-state index contributed by atoms with van der Waals surface area (Å²) in [4.78, 5) is 0. The third-order valence-corrected chi connectivity index (χ3v) is 7.20. The summed E-state index contributed by atoms with van der Waals surface area (Å²) in [5.74, 6) is -3.75. The molecule has 7 aromatic carbocycles. The van der Waals surface area contributed by atoms with Crippen LogP contribution in [0.15, 0.2) is 72.8 Å². The van der Waals surface area contributed by atoms with Crippen LogP contribution in [0.4, 0.5) is 0 Å². The van der Waals surface area contributed by atoms with Gasteiger partial charge in [-0.2, -0.15) is 0 Å². The first-order chi connectivity index (χ1) is 17.4. The van der Waals surface area contributed by atoms with Crippen molar-refractivity contribution >= 4 is 64.6 Å². The van der Waals surface area contributed by atoms with E-state index in [1.165, 1.54) is 0 Å². The third-order valence-electron chi connectivity index (χ3n) is 7.20. The molecule has 7 rings (SSSR count). The average Bonchev–Trinajstić information content (AvgIpc) is 2.89. The molecule has 174 valence electrons. The molecule has 6 nitrogen and oxygen atoms in total. The summed E-state index contributed by atoms with van der Waals surface area (Å²) in [6, 6.07) is 22.7. The Morgan fingerprint density at radius 2 is 0.806 bits per heavy atom. The molecule has 0 atom stereocenters. The van der Waals surface area contributed by atoms with Crippen LogP contribution in [0.2, 0.25) is 0 Å². The van der Waals surface area contributed by atoms with E-state index in [0.29, 0.717) is 21.5 Å². The fourth-order valence-electron chi connectivity index (χ4n) is 5.51. The Kier molecular flexibility index (Phi) is 3.79. The van der Waals surface area contributed by atoms with Gasteiger partial charge in [-0.15, -0.1) is 0 Å². The van der Waals surface area contributed by atoms with E-state index in [1.54, 1.807) is 12.1 Å². The van der Waals surface area contributed by atoms with Crippen LogP contribution in [0.25, 0.3) is 64.6 Å². The van der Waals surface area contributed by atoms with Crippen LogP contribution in [0.3, 0.4) is 0 Å². The Morgan fingerprint density at radius 3 is 1.47 bits per heavy atom. The maximum atomic E-state index is 11.5. The molecule has 0 spiro atoms. The van der Waals surface area contributed by atoms with Crippen LogP contribution in [-0.2, 0) is 0 Å². The standard InChI is InChI=1S/C30H18O6/c31-25-16-8-4-3-7-15(16)11-19-17-9-13-5-1-2-6-14(13)10-18(17)20-12-21-24(27(33)23(20)22(19)25)28(34)30(36)29(35)26(21)32/h1-12,31-36H. The summed E-state index contributed by atoms with van der Waals surface area (Å²) in [6.45, 7) is 0. The summed E-state index contributed by atoms with van der Waals surface area (Å²) in [7, 11) is 0. The molecule has 0 aliphatic carbocycles. The molecule has 0 saturated heterocycles. The second kappa shape index (κ2) is 6.73. The molecule has 0 bridgehead atoms. The minimum absolute atomic E-state index is 0.0375. The van der Waals surface area contributed by atoms with E-state index in [-0.39, 0.29) is 21.9 Å². The van der Waals surface area contributed by atoms with Crippen molar-refractivity contribution in [3.05, 3.63) is 72.8 Å². The van der Waals surface area contributed by atoms with Gasteiger partial charge in [0.25, 0.3) is 0 Å². The van der Waals surface area contributed by atoms with Crippen molar-refractivity contribution in [2.75, 3.05) is 0 Å². The van der Waals surface area contributed by atoms with Crippen LogP contribution in [0, 0.1) is 0 Å². The Morgan fingerprint density at radius 1 is 0.306 bits per heavy atom. The monoisotopic (exact) mass is 474 g/mol. The minimum Gasteiger partial charge on any atom is -0.507 e. The molecular weight excluding hydrogens is 456 g/mol. The first-order valence-electron chi connectivity index (χ1n) is 11.3. The fourth-order valence-corrected chi connectivity index (χ4v) is 5.51. The Bertz CT molecular complexity index is 2110. The quantitative estimate of drug-likeness (QED) is 0.0619. The van der Waals surface area contributed by atoms with Crippen molar-refractivity contribution in [1.82, 2.24) is 0 Å².